The second kappa shape index (κ2) is 4.82. The number of benzene rings is 2. The van der Waals surface area contributed by atoms with E-state index in [1.54, 1.807) is 12.4 Å². The van der Waals surface area contributed by atoms with Gasteiger partial charge in [-0.2, -0.15) is 0 Å². The Morgan fingerprint density at radius 2 is 2.00 bits per heavy atom. The first-order valence-corrected chi connectivity index (χ1v) is 7.04. The molecule has 1 aliphatic rings. The van der Waals surface area contributed by atoms with Crippen LogP contribution in [0.3, 0.4) is 0 Å². The van der Waals surface area contributed by atoms with Gasteiger partial charge in [-0.15, -0.1) is 0 Å². The predicted molar refractivity (Wildman–Crippen MR) is 81.2 cm³/mol. The standard InChI is InChI=1S/C17H15N3O/c18-16(12-4-5-15-11(10-12)6-9-21-15)13-2-1-3-14-17(13)20-8-7-19-14/h1-5,7-8,10,16H,6,9,18H2. The first kappa shape index (κ1) is 12.3. The Balaban J connectivity index is 1.81. The quantitative estimate of drug-likeness (QED) is 0.782. The summed E-state index contributed by atoms with van der Waals surface area (Å²) in [6, 6.07) is 11.9. The van der Waals surface area contributed by atoms with Gasteiger partial charge in [-0.25, -0.2) is 0 Å². The van der Waals surface area contributed by atoms with E-state index in [4.69, 9.17) is 10.5 Å². The first-order chi connectivity index (χ1) is 10.3. The molecule has 0 amide bonds. The highest BCUT2D eigenvalue weighted by atomic mass is 16.5. The number of nitrogens with zero attached hydrogens (tertiary/aromatic N) is 2. The van der Waals surface area contributed by atoms with Crippen molar-refractivity contribution >= 4 is 11.0 Å². The monoisotopic (exact) mass is 277 g/mol. The number of aromatic nitrogens is 2. The molecule has 0 radical (unpaired) electrons. The lowest BCUT2D eigenvalue weighted by Gasteiger charge is -2.15. The molecule has 3 aromatic rings. The minimum Gasteiger partial charge on any atom is -0.493 e. The van der Waals surface area contributed by atoms with Gasteiger partial charge in [0.05, 0.1) is 23.7 Å². The molecule has 104 valence electrons. The van der Waals surface area contributed by atoms with Crippen molar-refractivity contribution in [3.63, 3.8) is 0 Å². The highest BCUT2D eigenvalue weighted by molar-refractivity contribution is 5.78. The minimum atomic E-state index is -0.212. The molecule has 4 rings (SSSR count). The van der Waals surface area contributed by atoms with E-state index >= 15 is 0 Å². The van der Waals surface area contributed by atoms with Crippen molar-refractivity contribution in [3.05, 3.63) is 65.5 Å². The van der Waals surface area contributed by atoms with Crippen molar-refractivity contribution in [2.24, 2.45) is 5.73 Å². The van der Waals surface area contributed by atoms with Gasteiger partial charge in [0.2, 0.25) is 0 Å². The largest absolute Gasteiger partial charge is 0.493 e. The SMILES string of the molecule is NC(c1ccc2c(c1)CCO2)c1cccc2nccnc12. The van der Waals surface area contributed by atoms with Crippen LogP contribution in [0.5, 0.6) is 5.75 Å². The number of nitrogens with two attached hydrogens (primary N) is 1. The molecule has 4 nitrogen and oxygen atoms in total. The summed E-state index contributed by atoms with van der Waals surface area (Å²) in [5.41, 5.74) is 11.5. The van der Waals surface area contributed by atoms with Crippen LogP contribution >= 0.6 is 0 Å². The Hall–Kier alpha value is -2.46. The topological polar surface area (TPSA) is 61.0 Å². The van der Waals surface area contributed by atoms with Gasteiger partial charge in [-0.3, -0.25) is 9.97 Å². The van der Waals surface area contributed by atoms with Gasteiger partial charge in [0.15, 0.2) is 0 Å². The second-order valence-corrected chi connectivity index (χ2v) is 5.21. The van der Waals surface area contributed by atoms with E-state index in [2.05, 4.69) is 16.0 Å². The van der Waals surface area contributed by atoms with E-state index in [9.17, 15) is 0 Å². The molecule has 0 fully saturated rings. The number of para-hydroxylation sites is 1. The van der Waals surface area contributed by atoms with Crippen LogP contribution < -0.4 is 10.5 Å². The first-order valence-electron chi connectivity index (χ1n) is 7.04. The fourth-order valence-electron chi connectivity index (χ4n) is 2.85. The molecule has 1 aromatic heterocycles. The lowest BCUT2D eigenvalue weighted by Crippen LogP contribution is -2.13. The number of fused-ring (bicyclic) bond motifs is 2. The Kier molecular flexibility index (Phi) is 2.82. The summed E-state index contributed by atoms with van der Waals surface area (Å²) in [5, 5.41) is 0. The summed E-state index contributed by atoms with van der Waals surface area (Å²) in [7, 11) is 0. The van der Waals surface area contributed by atoms with E-state index in [0.29, 0.717) is 0 Å². The van der Waals surface area contributed by atoms with Gasteiger partial charge < -0.3 is 10.5 Å². The number of rotatable bonds is 2. The Morgan fingerprint density at radius 1 is 1.10 bits per heavy atom. The average Bonchev–Trinajstić information content (AvgIpc) is 3.01. The average molecular weight is 277 g/mol. The Labute approximate surface area is 122 Å². The van der Waals surface area contributed by atoms with Crippen molar-refractivity contribution in [2.45, 2.75) is 12.5 Å². The fourth-order valence-corrected chi connectivity index (χ4v) is 2.85. The maximum absolute atomic E-state index is 6.47. The fraction of sp³-hybridized carbons (Fsp3) is 0.176. The van der Waals surface area contributed by atoms with E-state index in [-0.39, 0.29) is 6.04 Å². The Morgan fingerprint density at radius 3 is 2.95 bits per heavy atom. The lowest BCUT2D eigenvalue weighted by atomic mass is 9.96. The normalized spacial score (nSPS) is 14.7. The maximum atomic E-state index is 6.47. The summed E-state index contributed by atoms with van der Waals surface area (Å²) >= 11 is 0. The molecular weight excluding hydrogens is 262 g/mol. The minimum absolute atomic E-state index is 0.212. The second-order valence-electron chi connectivity index (χ2n) is 5.21. The molecule has 21 heavy (non-hydrogen) atoms. The van der Waals surface area contributed by atoms with Crippen LogP contribution in [-0.2, 0) is 6.42 Å². The van der Waals surface area contributed by atoms with Crippen molar-refractivity contribution in [2.75, 3.05) is 6.61 Å². The van der Waals surface area contributed by atoms with Crippen LogP contribution in [0.2, 0.25) is 0 Å². The number of hydrogen-bond donors (Lipinski definition) is 1. The molecule has 0 aliphatic carbocycles. The zero-order valence-electron chi connectivity index (χ0n) is 11.5. The molecule has 2 N–H and O–H groups in total. The predicted octanol–water partition coefficient (Wildman–Crippen LogP) is 2.61. The summed E-state index contributed by atoms with van der Waals surface area (Å²) in [4.78, 5) is 8.77. The van der Waals surface area contributed by atoms with E-state index in [0.717, 1.165) is 40.9 Å². The molecule has 4 heteroatoms. The molecule has 0 saturated heterocycles. The van der Waals surface area contributed by atoms with Crippen molar-refractivity contribution < 1.29 is 4.74 Å². The zero-order valence-corrected chi connectivity index (χ0v) is 11.5. The summed E-state index contributed by atoms with van der Waals surface area (Å²) in [5.74, 6) is 0.976. The smallest absolute Gasteiger partial charge is 0.122 e. The molecule has 2 heterocycles. The van der Waals surface area contributed by atoms with E-state index in [1.165, 1.54) is 5.56 Å². The molecule has 0 bridgehead atoms. The van der Waals surface area contributed by atoms with Crippen LogP contribution in [0, 0.1) is 0 Å². The van der Waals surface area contributed by atoms with Crippen LogP contribution in [0.1, 0.15) is 22.7 Å². The maximum Gasteiger partial charge on any atom is 0.122 e. The third kappa shape index (κ3) is 2.04. The molecular formula is C17H15N3O. The third-order valence-electron chi connectivity index (χ3n) is 3.94. The van der Waals surface area contributed by atoms with Gasteiger partial charge in [0, 0.05) is 24.4 Å². The van der Waals surface area contributed by atoms with Crippen LogP contribution in [-0.4, -0.2) is 16.6 Å². The Bertz CT molecular complexity index is 811. The highest BCUT2D eigenvalue weighted by Crippen LogP contribution is 2.31. The third-order valence-corrected chi connectivity index (χ3v) is 3.94. The molecule has 0 spiro atoms. The van der Waals surface area contributed by atoms with Crippen molar-refractivity contribution in [1.82, 2.24) is 9.97 Å². The molecule has 1 aliphatic heterocycles. The van der Waals surface area contributed by atoms with Gasteiger partial charge in [0.1, 0.15) is 5.75 Å². The van der Waals surface area contributed by atoms with Gasteiger partial charge >= 0.3 is 0 Å². The summed E-state index contributed by atoms with van der Waals surface area (Å²) < 4.78 is 5.55. The van der Waals surface area contributed by atoms with E-state index in [1.807, 2.05) is 30.3 Å². The molecule has 1 unspecified atom stereocenters. The summed E-state index contributed by atoms with van der Waals surface area (Å²) in [6.07, 6.45) is 4.35. The number of ether oxygens (including phenoxy) is 1. The van der Waals surface area contributed by atoms with E-state index < -0.39 is 0 Å². The van der Waals surface area contributed by atoms with Gasteiger partial charge in [0.25, 0.3) is 0 Å². The zero-order chi connectivity index (χ0) is 14.2. The highest BCUT2D eigenvalue weighted by Gasteiger charge is 2.17. The summed E-state index contributed by atoms with van der Waals surface area (Å²) in [6.45, 7) is 0.758. The molecule has 2 aromatic carbocycles. The number of hydrogen-bond acceptors (Lipinski definition) is 4. The van der Waals surface area contributed by atoms with Crippen molar-refractivity contribution in [1.29, 1.82) is 0 Å². The lowest BCUT2D eigenvalue weighted by molar-refractivity contribution is 0.357. The van der Waals surface area contributed by atoms with Crippen LogP contribution in [0.4, 0.5) is 0 Å². The van der Waals surface area contributed by atoms with Crippen LogP contribution in [0.25, 0.3) is 11.0 Å². The molecule has 1 atom stereocenters. The van der Waals surface area contributed by atoms with Gasteiger partial charge in [-0.1, -0.05) is 24.3 Å². The van der Waals surface area contributed by atoms with Crippen LogP contribution in [0.15, 0.2) is 48.8 Å². The van der Waals surface area contributed by atoms with Crippen molar-refractivity contribution in [3.8, 4) is 5.75 Å². The van der Waals surface area contributed by atoms with Gasteiger partial charge in [-0.05, 0) is 23.3 Å². The molecule has 0 saturated carbocycles.